The summed E-state index contributed by atoms with van der Waals surface area (Å²) in [6.45, 7) is 8.29. The van der Waals surface area contributed by atoms with Gasteiger partial charge in [0, 0.05) is 13.1 Å². The van der Waals surface area contributed by atoms with Crippen molar-refractivity contribution in [3.05, 3.63) is 0 Å². The minimum absolute atomic E-state index is 0.499. The van der Waals surface area contributed by atoms with Gasteiger partial charge in [-0.15, -0.1) is 0 Å². The van der Waals surface area contributed by atoms with E-state index in [1.165, 1.54) is 26.1 Å². The third-order valence-corrected chi connectivity index (χ3v) is 2.50. The van der Waals surface area contributed by atoms with Crippen LogP contribution in [0.5, 0.6) is 0 Å². The molecular weight excluding hydrogens is 148 g/mol. The number of rotatable bonds is 2. The van der Waals surface area contributed by atoms with Crippen LogP contribution in [0.25, 0.3) is 0 Å². The van der Waals surface area contributed by atoms with Crippen molar-refractivity contribution in [2.24, 2.45) is 11.3 Å². The van der Waals surface area contributed by atoms with Gasteiger partial charge in [0.25, 0.3) is 0 Å². The molecule has 2 heteroatoms. The Kier molecular flexibility index (Phi) is 3.13. The smallest absolute Gasteiger partial charge is 0.00159 e. The van der Waals surface area contributed by atoms with Crippen molar-refractivity contribution in [1.82, 2.24) is 10.2 Å². The maximum atomic E-state index is 3.50. The van der Waals surface area contributed by atoms with Crippen molar-refractivity contribution in [1.29, 1.82) is 0 Å². The van der Waals surface area contributed by atoms with Gasteiger partial charge in [0.1, 0.15) is 0 Å². The monoisotopic (exact) mass is 170 g/mol. The zero-order valence-electron chi connectivity index (χ0n) is 8.85. The summed E-state index contributed by atoms with van der Waals surface area (Å²) in [5, 5.41) is 3.50. The van der Waals surface area contributed by atoms with Crippen LogP contribution in [0.15, 0.2) is 0 Å². The Morgan fingerprint density at radius 1 is 1.42 bits per heavy atom. The summed E-state index contributed by atoms with van der Waals surface area (Å²) in [4.78, 5) is 2.29. The summed E-state index contributed by atoms with van der Waals surface area (Å²) in [7, 11) is 4.31. The molecular formula is C10H22N2. The lowest BCUT2D eigenvalue weighted by Gasteiger charge is -2.37. The first kappa shape index (κ1) is 10.0. The number of nitrogens with one attached hydrogen (secondary N) is 1. The summed E-state index contributed by atoms with van der Waals surface area (Å²) >= 11 is 0. The van der Waals surface area contributed by atoms with E-state index in [0.717, 1.165) is 5.92 Å². The zero-order chi connectivity index (χ0) is 9.19. The van der Waals surface area contributed by atoms with Gasteiger partial charge in [-0.3, -0.25) is 0 Å². The van der Waals surface area contributed by atoms with E-state index < -0.39 is 0 Å². The molecule has 1 rings (SSSR count). The van der Waals surface area contributed by atoms with Crippen molar-refractivity contribution in [3.8, 4) is 0 Å². The van der Waals surface area contributed by atoms with E-state index in [1.54, 1.807) is 0 Å². The SMILES string of the molecule is CN(C)CC1CNCC(C)(C)C1. The molecule has 0 bridgehead atoms. The van der Waals surface area contributed by atoms with Gasteiger partial charge in [-0.2, -0.15) is 0 Å². The minimum atomic E-state index is 0.499. The predicted molar refractivity (Wildman–Crippen MR) is 53.3 cm³/mol. The van der Waals surface area contributed by atoms with E-state index in [-0.39, 0.29) is 0 Å². The van der Waals surface area contributed by atoms with E-state index in [0.29, 0.717) is 5.41 Å². The van der Waals surface area contributed by atoms with Crippen LogP contribution in [0.2, 0.25) is 0 Å². The van der Waals surface area contributed by atoms with Crippen molar-refractivity contribution < 1.29 is 0 Å². The van der Waals surface area contributed by atoms with Crippen LogP contribution in [0.1, 0.15) is 20.3 Å². The molecule has 0 aromatic heterocycles. The first-order valence-electron chi connectivity index (χ1n) is 4.85. The largest absolute Gasteiger partial charge is 0.316 e. The lowest BCUT2D eigenvalue weighted by Crippen LogP contribution is -2.44. The molecule has 1 aliphatic heterocycles. The Hall–Kier alpha value is -0.0800. The molecule has 0 spiro atoms. The highest BCUT2D eigenvalue weighted by Gasteiger charge is 2.27. The topological polar surface area (TPSA) is 15.3 Å². The van der Waals surface area contributed by atoms with E-state index in [1.807, 2.05) is 0 Å². The molecule has 1 N–H and O–H groups in total. The average Bonchev–Trinajstić information content (AvgIpc) is 1.82. The Balaban J connectivity index is 2.36. The van der Waals surface area contributed by atoms with Gasteiger partial charge in [0.2, 0.25) is 0 Å². The molecule has 72 valence electrons. The van der Waals surface area contributed by atoms with Crippen LogP contribution in [-0.4, -0.2) is 38.6 Å². The first-order valence-corrected chi connectivity index (χ1v) is 4.85. The molecule has 1 fully saturated rings. The number of piperidine rings is 1. The Bertz CT molecular complexity index is 141. The highest BCUT2D eigenvalue weighted by molar-refractivity contribution is 4.83. The second-order valence-electron chi connectivity index (χ2n) is 5.13. The second kappa shape index (κ2) is 3.75. The summed E-state index contributed by atoms with van der Waals surface area (Å²) in [5.41, 5.74) is 0.499. The molecule has 2 nitrogen and oxygen atoms in total. The molecule has 1 heterocycles. The van der Waals surface area contributed by atoms with E-state index in [4.69, 9.17) is 0 Å². The molecule has 0 aromatic carbocycles. The minimum Gasteiger partial charge on any atom is -0.316 e. The van der Waals surface area contributed by atoms with Gasteiger partial charge < -0.3 is 10.2 Å². The molecule has 0 saturated carbocycles. The zero-order valence-corrected chi connectivity index (χ0v) is 8.85. The molecule has 12 heavy (non-hydrogen) atoms. The molecule has 0 aliphatic carbocycles. The van der Waals surface area contributed by atoms with Gasteiger partial charge in [-0.05, 0) is 38.4 Å². The van der Waals surface area contributed by atoms with Crippen LogP contribution >= 0.6 is 0 Å². The summed E-state index contributed by atoms with van der Waals surface area (Å²) in [6.07, 6.45) is 1.36. The van der Waals surface area contributed by atoms with E-state index >= 15 is 0 Å². The molecule has 1 atom stereocenters. The molecule has 1 aliphatic rings. The third-order valence-electron chi connectivity index (χ3n) is 2.50. The average molecular weight is 170 g/mol. The van der Waals surface area contributed by atoms with Crippen LogP contribution in [-0.2, 0) is 0 Å². The van der Waals surface area contributed by atoms with Crippen molar-refractivity contribution >= 4 is 0 Å². The summed E-state index contributed by atoms with van der Waals surface area (Å²) < 4.78 is 0. The van der Waals surface area contributed by atoms with Gasteiger partial charge >= 0.3 is 0 Å². The van der Waals surface area contributed by atoms with Gasteiger partial charge in [0.05, 0.1) is 0 Å². The normalized spacial score (nSPS) is 29.2. The van der Waals surface area contributed by atoms with Crippen LogP contribution < -0.4 is 5.32 Å². The second-order valence-corrected chi connectivity index (χ2v) is 5.13. The summed E-state index contributed by atoms with van der Waals surface area (Å²) in [6, 6.07) is 0. The highest BCUT2D eigenvalue weighted by Crippen LogP contribution is 2.27. The molecule has 0 amide bonds. The van der Waals surface area contributed by atoms with E-state index in [9.17, 15) is 0 Å². The molecule has 0 aromatic rings. The highest BCUT2D eigenvalue weighted by atomic mass is 15.1. The first-order chi connectivity index (χ1) is 5.49. The van der Waals surface area contributed by atoms with Gasteiger partial charge in [0.15, 0.2) is 0 Å². The molecule has 1 unspecified atom stereocenters. The Labute approximate surface area is 76.3 Å². The van der Waals surface area contributed by atoms with Crippen molar-refractivity contribution in [2.45, 2.75) is 20.3 Å². The predicted octanol–water partition coefficient (Wildman–Crippen LogP) is 1.18. The standard InChI is InChI=1S/C10H22N2/c1-10(2)5-9(6-11-8-10)7-12(3)4/h9,11H,5-8H2,1-4H3. The third kappa shape index (κ3) is 3.11. The van der Waals surface area contributed by atoms with Crippen LogP contribution in [0, 0.1) is 11.3 Å². The fourth-order valence-corrected chi connectivity index (χ4v) is 2.19. The lowest BCUT2D eigenvalue weighted by atomic mass is 9.79. The fraction of sp³-hybridized carbons (Fsp3) is 1.00. The van der Waals surface area contributed by atoms with Crippen LogP contribution in [0.3, 0.4) is 0 Å². The maximum absolute atomic E-state index is 3.50. The maximum Gasteiger partial charge on any atom is 0.00159 e. The number of hydrogen-bond donors (Lipinski definition) is 1. The van der Waals surface area contributed by atoms with Gasteiger partial charge in [-0.1, -0.05) is 13.8 Å². The molecule has 1 saturated heterocycles. The van der Waals surface area contributed by atoms with E-state index in [2.05, 4.69) is 38.2 Å². The lowest BCUT2D eigenvalue weighted by molar-refractivity contribution is 0.171. The Morgan fingerprint density at radius 3 is 2.58 bits per heavy atom. The number of nitrogens with zero attached hydrogens (tertiary/aromatic N) is 1. The fourth-order valence-electron chi connectivity index (χ4n) is 2.19. The van der Waals surface area contributed by atoms with Crippen LogP contribution in [0.4, 0.5) is 0 Å². The summed E-state index contributed by atoms with van der Waals surface area (Å²) in [5.74, 6) is 0.837. The number of hydrogen-bond acceptors (Lipinski definition) is 2. The van der Waals surface area contributed by atoms with Crippen molar-refractivity contribution in [3.63, 3.8) is 0 Å². The quantitative estimate of drug-likeness (QED) is 0.669. The Morgan fingerprint density at radius 2 is 2.08 bits per heavy atom. The van der Waals surface area contributed by atoms with Crippen molar-refractivity contribution in [2.75, 3.05) is 33.7 Å². The molecule has 0 radical (unpaired) electrons. The van der Waals surface area contributed by atoms with Gasteiger partial charge in [-0.25, -0.2) is 0 Å².